The third kappa shape index (κ3) is 2.71. The van der Waals surface area contributed by atoms with Crippen molar-refractivity contribution in [2.75, 3.05) is 6.61 Å². The van der Waals surface area contributed by atoms with Gasteiger partial charge in [-0.1, -0.05) is 63.2 Å². The topological polar surface area (TPSA) is 41.8 Å². The van der Waals surface area contributed by atoms with Crippen LogP contribution in [-0.4, -0.2) is 17.6 Å². The third-order valence-electron chi connectivity index (χ3n) is 3.91. The summed E-state index contributed by atoms with van der Waals surface area (Å²) in [6.07, 6.45) is 0. The molecule has 3 heteroatoms. The summed E-state index contributed by atoms with van der Waals surface area (Å²) in [5.41, 5.74) is 2.58. The molecule has 2 aromatic rings. The Morgan fingerprint density at radius 1 is 1.05 bits per heavy atom. The number of para-hydroxylation sites is 1. The molecular weight excluding hydrogens is 274 g/mol. The first-order valence-corrected chi connectivity index (χ1v) is 7.55. The quantitative estimate of drug-likeness (QED) is 0.901. The minimum atomic E-state index is -0.127. The first-order chi connectivity index (χ1) is 10.5. The summed E-state index contributed by atoms with van der Waals surface area (Å²) < 4.78 is 5.74. The van der Waals surface area contributed by atoms with Gasteiger partial charge in [-0.15, -0.1) is 0 Å². The van der Waals surface area contributed by atoms with E-state index in [1.165, 1.54) is 0 Å². The molecule has 0 spiro atoms. The van der Waals surface area contributed by atoms with E-state index in [0.717, 1.165) is 11.1 Å². The molecule has 1 aliphatic heterocycles. The summed E-state index contributed by atoms with van der Waals surface area (Å²) in [4.78, 5) is 4.65. The van der Waals surface area contributed by atoms with E-state index in [9.17, 15) is 5.11 Å². The SMILES string of the molecule is CC(C)(C)c1cccc(C2=N[C@H](c3ccccc3)CO2)c1O. The second kappa shape index (κ2) is 5.48. The Morgan fingerprint density at radius 3 is 2.45 bits per heavy atom. The summed E-state index contributed by atoms with van der Waals surface area (Å²) in [7, 11) is 0. The Morgan fingerprint density at radius 2 is 1.77 bits per heavy atom. The monoisotopic (exact) mass is 295 g/mol. The fourth-order valence-corrected chi connectivity index (χ4v) is 2.69. The molecule has 0 saturated heterocycles. The van der Waals surface area contributed by atoms with Gasteiger partial charge >= 0.3 is 0 Å². The molecule has 2 aromatic carbocycles. The second-order valence-electron chi connectivity index (χ2n) is 6.62. The minimum Gasteiger partial charge on any atom is -0.507 e. The normalized spacial score (nSPS) is 18.0. The van der Waals surface area contributed by atoms with Crippen LogP contribution in [0.25, 0.3) is 0 Å². The fraction of sp³-hybridized carbons (Fsp3) is 0.316. The lowest BCUT2D eigenvalue weighted by molar-refractivity contribution is 0.318. The molecule has 1 aliphatic rings. The predicted octanol–water partition coefficient (Wildman–Crippen LogP) is 4.21. The molecule has 1 atom stereocenters. The summed E-state index contributed by atoms with van der Waals surface area (Å²) in [5, 5.41) is 10.6. The van der Waals surface area contributed by atoms with Crippen molar-refractivity contribution in [1.29, 1.82) is 0 Å². The molecule has 0 radical (unpaired) electrons. The largest absolute Gasteiger partial charge is 0.507 e. The maximum absolute atomic E-state index is 10.6. The Hall–Kier alpha value is -2.29. The van der Waals surface area contributed by atoms with Crippen LogP contribution in [0, 0.1) is 0 Å². The molecule has 1 heterocycles. The van der Waals surface area contributed by atoms with Crippen molar-refractivity contribution in [3.63, 3.8) is 0 Å². The van der Waals surface area contributed by atoms with E-state index in [1.807, 2.05) is 48.5 Å². The number of aromatic hydroxyl groups is 1. The molecule has 3 rings (SSSR count). The minimum absolute atomic E-state index is 0.00565. The number of benzene rings is 2. The predicted molar refractivity (Wildman–Crippen MR) is 88.5 cm³/mol. The lowest BCUT2D eigenvalue weighted by Gasteiger charge is -2.21. The molecule has 0 aromatic heterocycles. The highest BCUT2D eigenvalue weighted by Crippen LogP contribution is 2.35. The molecule has 1 N–H and O–H groups in total. The lowest BCUT2D eigenvalue weighted by Crippen LogP contribution is -2.13. The molecule has 114 valence electrons. The number of hydrogen-bond acceptors (Lipinski definition) is 3. The number of hydrogen-bond donors (Lipinski definition) is 1. The van der Waals surface area contributed by atoms with E-state index in [2.05, 4.69) is 25.8 Å². The highest BCUT2D eigenvalue weighted by molar-refractivity contribution is 5.98. The highest BCUT2D eigenvalue weighted by Gasteiger charge is 2.26. The Bertz CT molecular complexity index is 699. The van der Waals surface area contributed by atoms with Gasteiger partial charge in [-0.2, -0.15) is 0 Å². The van der Waals surface area contributed by atoms with Gasteiger partial charge in [0.1, 0.15) is 18.4 Å². The standard InChI is InChI=1S/C19H21NO2/c1-19(2,3)15-11-7-10-14(17(15)21)18-20-16(12-22-18)13-8-5-4-6-9-13/h4-11,16,21H,12H2,1-3H3/t16-/m0/s1. The number of rotatable bonds is 2. The first-order valence-electron chi connectivity index (χ1n) is 7.55. The van der Waals surface area contributed by atoms with Crippen molar-refractivity contribution in [1.82, 2.24) is 0 Å². The lowest BCUT2D eigenvalue weighted by atomic mass is 9.85. The molecule has 0 bridgehead atoms. The van der Waals surface area contributed by atoms with Crippen LogP contribution in [0.15, 0.2) is 53.5 Å². The van der Waals surface area contributed by atoms with Crippen LogP contribution in [0.1, 0.15) is 43.5 Å². The van der Waals surface area contributed by atoms with Crippen LogP contribution in [0.5, 0.6) is 5.75 Å². The van der Waals surface area contributed by atoms with Gasteiger partial charge in [0.05, 0.1) is 5.56 Å². The maximum Gasteiger partial charge on any atom is 0.220 e. The summed E-state index contributed by atoms with van der Waals surface area (Å²) in [6, 6.07) is 15.8. The molecule has 0 unspecified atom stereocenters. The Kier molecular flexibility index (Phi) is 3.65. The zero-order valence-electron chi connectivity index (χ0n) is 13.2. The van der Waals surface area contributed by atoms with Gasteiger partial charge in [-0.05, 0) is 17.0 Å². The number of aliphatic imine (C=N–C) groups is 1. The molecule has 22 heavy (non-hydrogen) atoms. The van der Waals surface area contributed by atoms with Gasteiger partial charge in [0.15, 0.2) is 0 Å². The van der Waals surface area contributed by atoms with Crippen molar-refractivity contribution >= 4 is 5.90 Å². The van der Waals surface area contributed by atoms with Gasteiger partial charge in [0.2, 0.25) is 5.90 Å². The average molecular weight is 295 g/mol. The summed E-state index contributed by atoms with van der Waals surface area (Å²) >= 11 is 0. The van der Waals surface area contributed by atoms with Gasteiger partial charge in [0, 0.05) is 5.56 Å². The second-order valence-corrected chi connectivity index (χ2v) is 6.62. The van der Waals surface area contributed by atoms with Gasteiger partial charge < -0.3 is 9.84 Å². The summed E-state index contributed by atoms with van der Waals surface area (Å²) in [5.74, 6) is 0.792. The van der Waals surface area contributed by atoms with Crippen molar-refractivity contribution < 1.29 is 9.84 Å². The number of phenolic OH excluding ortho intramolecular Hbond substituents is 1. The smallest absolute Gasteiger partial charge is 0.220 e. The van der Waals surface area contributed by atoms with Crippen molar-refractivity contribution in [2.45, 2.75) is 32.2 Å². The Labute approximate surface area is 131 Å². The number of phenols is 1. The highest BCUT2D eigenvalue weighted by atomic mass is 16.5. The van der Waals surface area contributed by atoms with Crippen molar-refractivity contribution in [2.24, 2.45) is 4.99 Å². The van der Waals surface area contributed by atoms with Gasteiger partial charge in [-0.25, -0.2) is 4.99 Å². The number of nitrogens with zero attached hydrogens (tertiary/aromatic N) is 1. The molecule has 0 fully saturated rings. The molecular formula is C19H21NO2. The van der Waals surface area contributed by atoms with Crippen LogP contribution in [0.3, 0.4) is 0 Å². The van der Waals surface area contributed by atoms with E-state index in [0.29, 0.717) is 18.1 Å². The van der Waals surface area contributed by atoms with E-state index in [4.69, 9.17) is 4.74 Å². The van der Waals surface area contributed by atoms with E-state index in [-0.39, 0.29) is 17.2 Å². The molecule has 3 nitrogen and oxygen atoms in total. The first kappa shape index (κ1) is 14.6. The third-order valence-corrected chi connectivity index (χ3v) is 3.91. The van der Waals surface area contributed by atoms with E-state index < -0.39 is 0 Å². The Balaban J connectivity index is 1.96. The fourth-order valence-electron chi connectivity index (χ4n) is 2.69. The van der Waals surface area contributed by atoms with Crippen LogP contribution in [0.4, 0.5) is 0 Å². The maximum atomic E-state index is 10.6. The van der Waals surface area contributed by atoms with E-state index in [1.54, 1.807) is 0 Å². The van der Waals surface area contributed by atoms with Gasteiger partial charge in [0.25, 0.3) is 0 Å². The molecule has 0 aliphatic carbocycles. The average Bonchev–Trinajstić information content (AvgIpc) is 2.97. The zero-order chi connectivity index (χ0) is 15.7. The number of ether oxygens (including phenoxy) is 1. The zero-order valence-corrected chi connectivity index (χ0v) is 13.2. The van der Waals surface area contributed by atoms with Crippen molar-refractivity contribution in [3.8, 4) is 5.75 Å². The van der Waals surface area contributed by atoms with Gasteiger partial charge in [-0.3, -0.25) is 0 Å². The molecule has 0 amide bonds. The van der Waals surface area contributed by atoms with Crippen LogP contribution in [0.2, 0.25) is 0 Å². The van der Waals surface area contributed by atoms with Crippen molar-refractivity contribution in [3.05, 3.63) is 65.2 Å². The summed E-state index contributed by atoms with van der Waals surface area (Å²) in [6.45, 7) is 6.75. The van der Waals surface area contributed by atoms with E-state index >= 15 is 0 Å². The molecule has 0 saturated carbocycles. The van der Waals surface area contributed by atoms with Crippen LogP contribution in [-0.2, 0) is 10.2 Å². The van der Waals surface area contributed by atoms with Crippen LogP contribution < -0.4 is 0 Å². The van der Waals surface area contributed by atoms with Crippen LogP contribution >= 0.6 is 0 Å².